The van der Waals surface area contributed by atoms with Crippen LogP contribution in [0.4, 0.5) is 0 Å². The topological polar surface area (TPSA) is 68.1 Å². The predicted octanol–water partition coefficient (Wildman–Crippen LogP) is 2.51. The monoisotopic (exact) mass is 339 g/mol. The summed E-state index contributed by atoms with van der Waals surface area (Å²) in [6.45, 7) is 5.66. The van der Waals surface area contributed by atoms with Crippen molar-refractivity contribution in [1.29, 1.82) is 0 Å². The van der Waals surface area contributed by atoms with Crippen LogP contribution in [0.15, 0.2) is 16.5 Å². The SMILES string of the molecule is COc1cc2c(cc1OC)/C(=N/S(=O)C(C)(C)C)[C@H](CO)CC2. The van der Waals surface area contributed by atoms with E-state index >= 15 is 0 Å². The normalized spacial score (nSPS) is 21.0. The van der Waals surface area contributed by atoms with Crippen LogP contribution in [0.2, 0.25) is 0 Å². The van der Waals surface area contributed by atoms with E-state index in [0.29, 0.717) is 17.2 Å². The number of hydrogen-bond acceptors (Lipinski definition) is 4. The number of benzene rings is 1. The maximum absolute atomic E-state index is 12.5. The third-order valence-electron chi connectivity index (χ3n) is 3.96. The molecule has 0 fully saturated rings. The number of aliphatic hydroxyl groups is 1. The fraction of sp³-hybridized carbons (Fsp3) is 0.588. The Morgan fingerprint density at radius 1 is 1.26 bits per heavy atom. The minimum absolute atomic E-state index is 0.00599. The number of aliphatic hydroxyl groups excluding tert-OH is 1. The van der Waals surface area contributed by atoms with Gasteiger partial charge in [0.05, 0.1) is 31.3 Å². The Morgan fingerprint density at radius 3 is 2.39 bits per heavy atom. The molecule has 2 rings (SSSR count). The molecule has 1 unspecified atom stereocenters. The first kappa shape index (κ1) is 17.9. The van der Waals surface area contributed by atoms with Crippen LogP contribution in [0.3, 0.4) is 0 Å². The maximum Gasteiger partial charge on any atom is 0.161 e. The van der Waals surface area contributed by atoms with Gasteiger partial charge in [-0.1, -0.05) is 0 Å². The molecule has 0 heterocycles. The van der Waals surface area contributed by atoms with Crippen LogP contribution in [0.5, 0.6) is 11.5 Å². The highest BCUT2D eigenvalue weighted by molar-refractivity contribution is 7.85. The second kappa shape index (κ2) is 7.01. The van der Waals surface area contributed by atoms with Gasteiger partial charge < -0.3 is 14.6 Å². The summed E-state index contributed by atoms with van der Waals surface area (Å²) in [5, 5.41) is 9.69. The summed E-state index contributed by atoms with van der Waals surface area (Å²) in [5.74, 6) is 1.18. The number of rotatable bonds is 4. The zero-order chi connectivity index (χ0) is 17.2. The minimum Gasteiger partial charge on any atom is -0.493 e. The molecule has 0 spiro atoms. The van der Waals surface area contributed by atoms with Crippen molar-refractivity contribution in [3.63, 3.8) is 0 Å². The van der Waals surface area contributed by atoms with Gasteiger partial charge in [-0.05, 0) is 51.3 Å². The standard InChI is InChI=1S/C17H25NO4S/c1-17(2,3)23(20)18-16-12(10-19)7-6-11-8-14(21-4)15(22-5)9-13(11)16/h8-9,12,19H,6-7,10H2,1-5H3/b18-16+/t12-,23?/m0/s1. The Bertz CT molecular complexity index is 634. The van der Waals surface area contributed by atoms with E-state index in [4.69, 9.17) is 9.47 Å². The highest BCUT2D eigenvalue weighted by Crippen LogP contribution is 2.36. The molecule has 0 saturated heterocycles. The van der Waals surface area contributed by atoms with E-state index in [1.165, 1.54) is 0 Å². The molecule has 0 aliphatic heterocycles. The Kier molecular flexibility index (Phi) is 5.47. The molecule has 1 aromatic rings. The van der Waals surface area contributed by atoms with Crippen LogP contribution < -0.4 is 9.47 Å². The molecule has 0 bridgehead atoms. The van der Waals surface area contributed by atoms with Gasteiger partial charge in [-0.15, -0.1) is 0 Å². The van der Waals surface area contributed by atoms with Crippen LogP contribution in [-0.2, 0) is 17.4 Å². The highest BCUT2D eigenvalue weighted by atomic mass is 32.2. The zero-order valence-corrected chi connectivity index (χ0v) is 15.2. The van der Waals surface area contributed by atoms with Gasteiger partial charge in [0.2, 0.25) is 0 Å². The maximum atomic E-state index is 12.5. The van der Waals surface area contributed by atoms with Crippen molar-refractivity contribution in [3.05, 3.63) is 23.3 Å². The van der Waals surface area contributed by atoms with Gasteiger partial charge >= 0.3 is 0 Å². The summed E-state index contributed by atoms with van der Waals surface area (Å²) in [6.07, 6.45) is 1.60. The molecular weight excluding hydrogens is 314 g/mol. The Morgan fingerprint density at radius 2 is 1.87 bits per heavy atom. The molecule has 1 aliphatic rings. The van der Waals surface area contributed by atoms with Crippen molar-refractivity contribution in [2.45, 2.75) is 38.4 Å². The Labute approximate surface area is 140 Å². The van der Waals surface area contributed by atoms with E-state index in [1.54, 1.807) is 14.2 Å². The lowest BCUT2D eigenvalue weighted by Crippen LogP contribution is -2.29. The second-order valence-electron chi connectivity index (χ2n) is 6.62. The summed E-state index contributed by atoms with van der Waals surface area (Å²) in [6, 6.07) is 3.81. The molecule has 6 heteroatoms. The summed E-state index contributed by atoms with van der Waals surface area (Å²) in [7, 11) is 1.81. The summed E-state index contributed by atoms with van der Waals surface area (Å²) in [4.78, 5) is 0. The first-order valence-electron chi connectivity index (χ1n) is 7.68. The van der Waals surface area contributed by atoms with Crippen LogP contribution in [0.1, 0.15) is 38.3 Å². The Hall–Kier alpha value is -1.40. The number of fused-ring (bicyclic) bond motifs is 1. The highest BCUT2D eigenvalue weighted by Gasteiger charge is 2.29. The van der Waals surface area contributed by atoms with Crippen molar-refractivity contribution in [1.82, 2.24) is 0 Å². The fourth-order valence-corrected chi connectivity index (χ4v) is 3.28. The molecule has 1 N–H and O–H groups in total. The molecule has 1 aromatic carbocycles. The van der Waals surface area contributed by atoms with Gasteiger partial charge in [0, 0.05) is 11.5 Å². The lowest BCUT2D eigenvalue weighted by Gasteiger charge is -2.27. The number of nitrogens with zero attached hydrogens (tertiary/aromatic N) is 1. The van der Waals surface area contributed by atoms with Crippen LogP contribution >= 0.6 is 0 Å². The molecule has 2 atom stereocenters. The average Bonchev–Trinajstić information content (AvgIpc) is 2.52. The average molecular weight is 339 g/mol. The van der Waals surface area contributed by atoms with Gasteiger partial charge in [0.25, 0.3) is 0 Å². The second-order valence-corrected chi connectivity index (χ2v) is 8.53. The molecule has 0 aromatic heterocycles. The lowest BCUT2D eigenvalue weighted by atomic mass is 9.82. The fourth-order valence-electron chi connectivity index (χ4n) is 2.58. The van der Waals surface area contributed by atoms with Crippen LogP contribution in [0.25, 0.3) is 0 Å². The molecule has 1 aliphatic carbocycles. The first-order valence-corrected chi connectivity index (χ1v) is 8.79. The van der Waals surface area contributed by atoms with E-state index in [1.807, 2.05) is 32.9 Å². The largest absolute Gasteiger partial charge is 0.493 e. The zero-order valence-electron chi connectivity index (χ0n) is 14.4. The van der Waals surface area contributed by atoms with Crippen molar-refractivity contribution >= 4 is 16.7 Å². The van der Waals surface area contributed by atoms with E-state index in [9.17, 15) is 9.32 Å². The van der Waals surface area contributed by atoms with Gasteiger partial charge in [0.15, 0.2) is 11.5 Å². The van der Waals surface area contributed by atoms with E-state index < -0.39 is 15.7 Å². The summed E-state index contributed by atoms with van der Waals surface area (Å²) >= 11 is 0. The molecule has 0 radical (unpaired) electrons. The van der Waals surface area contributed by atoms with Gasteiger partial charge in [0.1, 0.15) is 11.0 Å². The van der Waals surface area contributed by atoms with Gasteiger partial charge in [-0.25, -0.2) is 4.21 Å². The lowest BCUT2D eigenvalue weighted by molar-refractivity contribution is 0.254. The Balaban J connectivity index is 2.58. The van der Waals surface area contributed by atoms with Crippen LogP contribution in [0, 0.1) is 5.92 Å². The number of ether oxygens (including phenoxy) is 2. The van der Waals surface area contributed by atoms with Crippen LogP contribution in [-0.4, -0.2) is 40.6 Å². The van der Waals surface area contributed by atoms with E-state index in [0.717, 1.165) is 24.0 Å². The van der Waals surface area contributed by atoms with Crippen molar-refractivity contribution < 1.29 is 18.8 Å². The number of hydrogen-bond donors (Lipinski definition) is 1. The van der Waals surface area contributed by atoms with E-state index in [2.05, 4.69) is 4.40 Å². The van der Waals surface area contributed by atoms with Gasteiger partial charge in [-0.3, -0.25) is 0 Å². The van der Waals surface area contributed by atoms with E-state index in [-0.39, 0.29) is 12.5 Å². The minimum atomic E-state index is -1.38. The predicted molar refractivity (Wildman–Crippen MR) is 92.9 cm³/mol. The summed E-state index contributed by atoms with van der Waals surface area (Å²) < 4.78 is 27.2. The quantitative estimate of drug-likeness (QED) is 0.915. The van der Waals surface area contributed by atoms with Crippen molar-refractivity contribution in [3.8, 4) is 11.5 Å². The molecule has 0 amide bonds. The number of aryl methyl sites for hydroxylation is 1. The third-order valence-corrected chi connectivity index (χ3v) is 5.37. The van der Waals surface area contributed by atoms with Crippen molar-refractivity contribution in [2.75, 3.05) is 20.8 Å². The molecular formula is C17H25NO4S. The molecule has 0 saturated carbocycles. The molecule has 23 heavy (non-hydrogen) atoms. The third kappa shape index (κ3) is 3.75. The van der Waals surface area contributed by atoms with Crippen molar-refractivity contribution in [2.24, 2.45) is 10.3 Å². The molecule has 128 valence electrons. The smallest absolute Gasteiger partial charge is 0.161 e. The number of methoxy groups -OCH3 is 2. The molecule has 5 nitrogen and oxygen atoms in total. The van der Waals surface area contributed by atoms with Gasteiger partial charge in [-0.2, -0.15) is 4.40 Å². The first-order chi connectivity index (χ1) is 10.8. The summed E-state index contributed by atoms with van der Waals surface area (Å²) in [5.41, 5.74) is 2.67.